The number of hydrogen-bond donors (Lipinski definition) is 1. The lowest BCUT2D eigenvalue weighted by Gasteiger charge is -2.39. The first-order chi connectivity index (χ1) is 11.2. The first kappa shape index (κ1) is 15.7. The molecule has 2 atom stereocenters. The van der Waals surface area contributed by atoms with Crippen molar-refractivity contribution in [2.45, 2.75) is 25.3 Å². The molecule has 6 heteroatoms. The van der Waals surface area contributed by atoms with Gasteiger partial charge in [-0.25, -0.2) is 0 Å². The zero-order valence-electron chi connectivity index (χ0n) is 12.6. The van der Waals surface area contributed by atoms with Crippen LogP contribution < -0.4 is 0 Å². The van der Waals surface area contributed by atoms with E-state index in [0.717, 1.165) is 12.0 Å². The number of carboxylic acids is 1. The number of carbonyl (C=O) groups excluding carboxylic acids is 1. The van der Waals surface area contributed by atoms with Crippen molar-refractivity contribution in [3.05, 3.63) is 52.5 Å². The monoisotopic (exact) mass is 330 g/mol. The Kier molecular flexibility index (Phi) is 4.71. The van der Waals surface area contributed by atoms with Crippen LogP contribution in [0.15, 0.2) is 42.0 Å². The number of nitrogens with zero attached hydrogens (tertiary/aromatic N) is 2. The summed E-state index contributed by atoms with van der Waals surface area (Å²) in [5, 5.41) is 11.6. The number of amides is 1. The third-order valence-corrected chi connectivity index (χ3v) is 5.16. The number of piperidine rings is 1. The molecule has 3 heterocycles. The van der Waals surface area contributed by atoms with Crippen LogP contribution in [0, 0.1) is 5.92 Å². The van der Waals surface area contributed by atoms with Gasteiger partial charge >= 0.3 is 5.97 Å². The number of pyridine rings is 1. The van der Waals surface area contributed by atoms with Crippen LogP contribution >= 0.6 is 11.3 Å². The Hall–Kier alpha value is -2.21. The molecule has 0 radical (unpaired) electrons. The Bertz CT molecular complexity index is 672. The maximum absolute atomic E-state index is 12.4. The number of carbonyl (C=O) groups is 2. The van der Waals surface area contributed by atoms with Crippen molar-refractivity contribution in [2.24, 2.45) is 5.92 Å². The average Bonchev–Trinajstić information content (AvgIpc) is 3.07. The molecule has 1 fully saturated rings. The summed E-state index contributed by atoms with van der Waals surface area (Å²) in [5.74, 6) is -1.42. The average molecular weight is 330 g/mol. The van der Waals surface area contributed by atoms with Gasteiger partial charge in [-0.3, -0.25) is 14.6 Å². The van der Waals surface area contributed by atoms with E-state index in [2.05, 4.69) is 4.98 Å². The molecule has 3 rings (SSSR count). The van der Waals surface area contributed by atoms with Crippen LogP contribution in [0.5, 0.6) is 0 Å². The van der Waals surface area contributed by atoms with E-state index < -0.39 is 17.9 Å². The van der Waals surface area contributed by atoms with E-state index in [-0.39, 0.29) is 12.3 Å². The fraction of sp³-hybridized carbons (Fsp3) is 0.353. The summed E-state index contributed by atoms with van der Waals surface area (Å²) in [6.45, 7) is 0.530. The van der Waals surface area contributed by atoms with Gasteiger partial charge in [-0.2, -0.15) is 0 Å². The third kappa shape index (κ3) is 3.42. The number of hydrogen-bond acceptors (Lipinski definition) is 4. The molecule has 0 spiro atoms. The summed E-state index contributed by atoms with van der Waals surface area (Å²) in [6, 6.07) is 7.21. The van der Waals surface area contributed by atoms with Crippen molar-refractivity contribution in [2.75, 3.05) is 6.54 Å². The molecule has 1 amide bonds. The lowest BCUT2D eigenvalue weighted by atomic mass is 9.84. The lowest BCUT2D eigenvalue weighted by molar-refractivity contribution is -0.152. The van der Waals surface area contributed by atoms with Gasteiger partial charge in [-0.05, 0) is 35.9 Å². The molecule has 2 aromatic rings. The van der Waals surface area contributed by atoms with Crippen molar-refractivity contribution in [3.8, 4) is 0 Å². The van der Waals surface area contributed by atoms with Crippen LogP contribution in [0.1, 0.15) is 29.3 Å². The van der Waals surface area contributed by atoms with Crippen molar-refractivity contribution in [3.63, 3.8) is 0 Å². The van der Waals surface area contributed by atoms with Gasteiger partial charge in [-0.1, -0.05) is 12.1 Å². The van der Waals surface area contributed by atoms with Crippen LogP contribution in [0.3, 0.4) is 0 Å². The molecule has 23 heavy (non-hydrogen) atoms. The number of thiophene rings is 1. The minimum Gasteiger partial charge on any atom is -0.481 e. The second-order valence-corrected chi connectivity index (χ2v) is 6.66. The Morgan fingerprint density at radius 3 is 2.91 bits per heavy atom. The predicted molar refractivity (Wildman–Crippen MR) is 87.1 cm³/mol. The highest BCUT2D eigenvalue weighted by Crippen LogP contribution is 2.36. The Balaban J connectivity index is 1.87. The van der Waals surface area contributed by atoms with E-state index in [1.807, 2.05) is 23.6 Å². The number of likely N-dealkylation sites (tertiary alicyclic amines) is 1. The van der Waals surface area contributed by atoms with Gasteiger partial charge in [0.1, 0.15) is 0 Å². The number of aliphatic carboxylic acids is 1. The molecule has 5 nitrogen and oxygen atoms in total. The molecular weight excluding hydrogens is 312 g/mol. The smallest absolute Gasteiger partial charge is 0.308 e. The van der Waals surface area contributed by atoms with Crippen LogP contribution in [0.4, 0.5) is 0 Å². The fourth-order valence-electron chi connectivity index (χ4n) is 3.12. The van der Waals surface area contributed by atoms with Crippen molar-refractivity contribution in [1.82, 2.24) is 9.88 Å². The first-order valence-corrected chi connectivity index (χ1v) is 8.49. The number of aromatic nitrogens is 1. The van der Waals surface area contributed by atoms with Gasteiger partial charge in [0, 0.05) is 30.2 Å². The van der Waals surface area contributed by atoms with E-state index in [1.165, 1.54) is 4.88 Å². The summed E-state index contributed by atoms with van der Waals surface area (Å²) < 4.78 is 0. The highest BCUT2D eigenvalue weighted by Gasteiger charge is 2.40. The normalized spacial score (nSPS) is 21.4. The maximum Gasteiger partial charge on any atom is 0.308 e. The molecule has 120 valence electrons. The molecular formula is C17H18N2O3S. The van der Waals surface area contributed by atoms with Crippen molar-refractivity contribution < 1.29 is 14.7 Å². The zero-order valence-corrected chi connectivity index (χ0v) is 13.4. The second-order valence-electron chi connectivity index (χ2n) is 5.63. The largest absolute Gasteiger partial charge is 0.481 e. The molecule has 0 bridgehead atoms. The van der Waals surface area contributed by atoms with Crippen LogP contribution in [0.2, 0.25) is 0 Å². The topological polar surface area (TPSA) is 70.5 Å². The molecule has 2 unspecified atom stereocenters. The Morgan fingerprint density at radius 1 is 1.39 bits per heavy atom. The van der Waals surface area contributed by atoms with E-state index in [1.54, 1.807) is 34.7 Å². The Morgan fingerprint density at radius 2 is 2.26 bits per heavy atom. The van der Waals surface area contributed by atoms with Crippen LogP contribution in [-0.2, 0) is 16.0 Å². The summed E-state index contributed by atoms with van der Waals surface area (Å²) in [5.41, 5.74) is 0.791. The predicted octanol–water partition coefficient (Wildman–Crippen LogP) is 2.75. The van der Waals surface area contributed by atoms with Gasteiger partial charge in [0.15, 0.2) is 0 Å². The molecule has 1 aliphatic rings. The van der Waals surface area contributed by atoms with E-state index >= 15 is 0 Å². The minimum atomic E-state index is -0.854. The Labute approximate surface area is 138 Å². The lowest BCUT2D eigenvalue weighted by Crippen LogP contribution is -2.46. The van der Waals surface area contributed by atoms with E-state index in [9.17, 15) is 14.7 Å². The third-order valence-electron chi connectivity index (χ3n) is 4.23. The zero-order chi connectivity index (χ0) is 16.2. The van der Waals surface area contributed by atoms with Gasteiger partial charge < -0.3 is 10.0 Å². The molecule has 1 N–H and O–H groups in total. The quantitative estimate of drug-likeness (QED) is 0.915. The van der Waals surface area contributed by atoms with Gasteiger partial charge in [0.25, 0.3) is 0 Å². The fourth-order valence-corrected chi connectivity index (χ4v) is 3.82. The molecule has 1 saturated heterocycles. The van der Waals surface area contributed by atoms with E-state index in [4.69, 9.17) is 0 Å². The highest BCUT2D eigenvalue weighted by molar-refractivity contribution is 7.09. The highest BCUT2D eigenvalue weighted by atomic mass is 32.1. The number of rotatable bonds is 5. The van der Waals surface area contributed by atoms with Gasteiger partial charge in [0.2, 0.25) is 5.91 Å². The van der Waals surface area contributed by atoms with Crippen LogP contribution in [-0.4, -0.2) is 33.4 Å². The molecule has 0 aromatic carbocycles. The molecule has 2 aromatic heterocycles. The minimum absolute atomic E-state index is 0.0212. The molecule has 1 aliphatic heterocycles. The molecule has 0 saturated carbocycles. The van der Waals surface area contributed by atoms with Gasteiger partial charge in [-0.15, -0.1) is 11.3 Å². The summed E-state index contributed by atoms with van der Waals surface area (Å²) in [6.07, 6.45) is 4.73. The molecule has 0 aliphatic carbocycles. The van der Waals surface area contributed by atoms with Crippen molar-refractivity contribution >= 4 is 23.2 Å². The second kappa shape index (κ2) is 6.91. The maximum atomic E-state index is 12.4. The SMILES string of the molecule is O=C(O)C1CCC(=O)N(CCc2cccs2)C1c1cccnc1. The summed E-state index contributed by atoms with van der Waals surface area (Å²) in [7, 11) is 0. The standard InChI is InChI=1S/C17H18N2O3S/c20-15-6-5-14(17(21)22)16(12-3-1-8-18-11-12)19(15)9-7-13-4-2-10-23-13/h1-4,8,10-11,14,16H,5-7,9H2,(H,21,22). The van der Waals surface area contributed by atoms with Crippen LogP contribution in [0.25, 0.3) is 0 Å². The van der Waals surface area contributed by atoms with Gasteiger partial charge in [0.05, 0.1) is 12.0 Å². The first-order valence-electron chi connectivity index (χ1n) is 7.61. The van der Waals surface area contributed by atoms with Crippen molar-refractivity contribution in [1.29, 1.82) is 0 Å². The van der Waals surface area contributed by atoms with E-state index in [0.29, 0.717) is 13.0 Å². The summed E-state index contributed by atoms with van der Waals surface area (Å²) in [4.78, 5) is 31.1. The summed E-state index contributed by atoms with van der Waals surface area (Å²) >= 11 is 1.65. The number of carboxylic acid groups (broad SMARTS) is 1.